The molecule has 0 bridgehead atoms. The van der Waals surface area contributed by atoms with Gasteiger partial charge in [-0.05, 0) is 29.6 Å². The van der Waals surface area contributed by atoms with Crippen molar-refractivity contribution in [2.45, 2.75) is 6.04 Å². The van der Waals surface area contributed by atoms with Crippen LogP contribution in [0.3, 0.4) is 0 Å². The normalized spacial score (nSPS) is 17.4. The molecule has 0 saturated carbocycles. The molecule has 1 N–H and O–H groups in total. The van der Waals surface area contributed by atoms with Crippen LogP contribution in [0.15, 0.2) is 53.4 Å². The van der Waals surface area contributed by atoms with Crippen LogP contribution < -0.4 is 14.4 Å². The topological polar surface area (TPSA) is 89.0 Å². The number of nitrogens with zero attached hydrogens (tertiary/aromatic N) is 2. The molecule has 1 aliphatic rings. The molecule has 1 saturated heterocycles. The molecule has 0 spiro atoms. The number of thiazole rings is 1. The van der Waals surface area contributed by atoms with Crippen molar-refractivity contribution in [2.24, 2.45) is 0 Å². The second kappa shape index (κ2) is 8.75. The Kier molecular flexibility index (Phi) is 5.73. The van der Waals surface area contributed by atoms with Crippen LogP contribution in [0.1, 0.15) is 16.5 Å². The second-order valence-electron chi connectivity index (χ2n) is 7.48. The van der Waals surface area contributed by atoms with Crippen LogP contribution in [0, 0.1) is 11.6 Å². The third-order valence-corrected chi connectivity index (χ3v) is 7.46. The maximum absolute atomic E-state index is 14.3. The molecule has 0 aliphatic carbocycles. The lowest BCUT2D eigenvalue weighted by Crippen LogP contribution is -2.28. The second-order valence-corrected chi connectivity index (χ2v) is 9.47. The first-order chi connectivity index (χ1) is 16.8. The molecule has 1 unspecified atom stereocenters. The number of aromatic nitrogens is 1. The van der Waals surface area contributed by atoms with Gasteiger partial charge >= 0.3 is 5.91 Å². The summed E-state index contributed by atoms with van der Waals surface area (Å²) in [5, 5.41) is 13.0. The molecule has 35 heavy (non-hydrogen) atoms. The van der Waals surface area contributed by atoms with Crippen molar-refractivity contribution < 1.29 is 33.0 Å². The van der Waals surface area contributed by atoms with Gasteiger partial charge in [0.15, 0.2) is 10.9 Å². The minimum Gasteiger partial charge on any atom is -0.507 e. The molecular weight excluding hydrogens is 498 g/mol. The third kappa shape index (κ3) is 3.72. The zero-order chi connectivity index (χ0) is 24.9. The number of anilines is 1. The van der Waals surface area contributed by atoms with Gasteiger partial charge in [0.25, 0.3) is 5.78 Å². The van der Waals surface area contributed by atoms with Gasteiger partial charge < -0.3 is 14.6 Å². The SMILES string of the molecule is COc1ccc(/C(O)=C2\C(=O)C(=O)N(c3nc4c(F)cc(F)cc4s3)C2c2cccs2)c(OC)c1. The maximum Gasteiger partial charge on any atom is 0.301 e. The van der Waals surface area contributed by atoms with Gasteiger partial charge in [-0.15, -0.1) is 11.3 Å². The summed E-state index contributed by atoms with van der Waals surface area (Å²) < 4.78 is 38.8. The predicted molar refractivity (Wildman–Crippen MR) is 128 cm³/mol. The summed E-state index contributed by atoms with van der Waals surface area (Å²) in [7, 11) is 2.87. The van der Waals surface area contributed by atoms with Crippen molar-refractivity contribution in [1.29, 1.82) is 0 Å². The molecule has 2 aromatic carbocycles. The summed E-state index contributed by atoms with van der Waals surface area (Å²) in [6, 6.07) is 8.86. The van der Waals surface area contributed by atoms with Crippen molar-refractivity contribution in [2.75, 3.05) is 19.1 Å². The van der Waals surface area contributed by atoms with E-state index in [0.29, 0.717) is 16.7 Å². The third-order valence-electron chi connectivity index (χ3n) is 5.53. The zero-order valence-electron chi connectivity index (χ0n) is 18.2. The van der Waals surface area contributed by atoms with Gasteiger partial charge in [0.2, 0.25) is 0 Å². The number of benzene rings is 2. The zero-order valence-corrected chi connectivity index (χ0v) is 19.9. The molecule has 3 heterocycles. The molecule has 1 aliphatic heterocycles. The predicted octanol–water partition coefficient (Wildman–Crippen LogP) is 5.28. The molecule has 7 nitrogen and oxygen atoms in total. The van der Waals surface area contributed by atoms with Gasteiger partial charge in [-0.2, -0.15) is 0 Å². The molecule has 5 rings (SSSR count). The molecule has 2 aromatic heterocycles. The van der Waals surface area contributed by atoms with E-state index in [0.717, 1.165) is 22.3 Å². The van der Waals surface area contributed by atoms with Crippen LogP contribution in [0.25, 0.3) is 16.0 Å². The first-order valence-corrected chi connectivity index (χ1v) is 11.9. The van der Waals surface area contributed by atoms with Crippen molar-refractivity contribution in [3.05, 3.63) is 75.5 Å². The molecule has 0 radical (unpaired) electrons. The van der Waals surface area contributed by atoms with Crippen LogP contribution >= 0.6 is 22.7 Å². The van der Waals surface area contributed by atoms with Crippen molar-refractivity contribution in [1.82, 2.24) is 4.98 Å². The molecular formula is C24H16F2N2O5S2. The lowest BCUT2D eigenvalue weighted by molar-refractivity contribution is -0.132. The number of hydrogen-bond donors (Lipinski definition) is 1. The number of methoxy groups -OCH3 is 2. The van der Waals surface area contributed by atoms with E-state index in [2.05, 4.69) is 4.98 Å². The molecule has 4 aromatic rings. The van der Waals surface area contributed by atoms with E-state index in [1.165, 1.54) is 37.7 Å². The number of rotatable bonds is 5. The summed E-state index contributed by atoms with van der Waals surface area (Å²) in [5.74, 6) is -3.29. The van der Waals surface area contributed by atoms with Gasteiger partial charge in [0, 0.05) is 17.0 Å². The number of Topliss-reactive ketones (excluding diaryl/α,β-unsaturated/α-hetero) is 1. The van der Waals surface area contributed by atoms with Crippen LogP contribution in [-0.2, 0) is 9.59 Å². The van der Waals surface area contributed by atoms with E-state index >= 15 is 0 Å². The standard InChI is InChI=1S/C24H16F2N2O5S2/c1-32-12-5-6-13(15(10-12)33-2)21(29)18-20(16-4-3-7-34-16)28(23(31)22(18)30)24-27-19-14(26)8-11(25)9-17(19)35-24/h3-10,20,29H,1-2H3/b21-18+. The monoisotopic (exact) mass is 514 g/mol. The largest absolute Gasteiger partial charge is 0.507 e. The van der Waals surface area contributed by atoms with Gasteiger partial charge in [-0.1, -0.05) is 17.4 Å². The van der Waals surface area contributed by atoms with E-state index in [-0.39, 0.29) is 32.2 Å². The Bertz CT molecular complexity index is 1510. The summed E-state index contributed by atoms with van der Waals surface area (Å²) in [5.41, 5.74) is -0.104. The number of aliphatic hydroxyl groups excluding tert-OH is 1. The van der Waals surface area contributed by atoms with Gasteiger partial charge in [0.05, 0.1) is 30.1 Å². The van der Waals surface area contributed by atoms with Crippen molar-refractivity contribution in [3.63, 3.8) is 0 Å². The average molecular weight is 515 g/mol. The Balaban J connectivity index is 1.72. The minimum absolute atomic E-state index is 0.00532. The molecule has 1 atom stereocenters. The Hall–Kier alpha value is -3.83. The number of halogens is 2. The smallest absolute Gasteiger partial charge is 0.301 e. The van der Waals surface area contributed by atoms with Crippen molar-refractivity contribution >= 4 is 55.5 Å². The number of amides is 1. The fourth-order valence-corrected chi connectivity index (χ4v) is 5.79. The number of carbonyl (C=O) groups is 2. The highest BCUT2D eigenvalue weighted by Crippen LogP contribution is 2.46. The van der Waals surface area contributed by atoms with Crippen molar-refractivity contribution in [3.8, 4) is 11.5 Å². The average Bonchev–Trinajstić information content (AvgIpc) is 3.57. The number of thiophene rings is 1. The summed E-state index contributed by atoms with van der Waals surface area (Å²) in [6.07, 6.45) is 0. The van der Waals surface area contributed by atoms with E-state index < -0.39 is 35.1 Å². The Morgan fingerprint density at radius 3 is 2.60 bits per heavy atom. The number of ketones is 1. The highest BCUT2D eigenvalue weighted by Gasteiger charge is 2.49. The molecule has 1 fully saturated rings. The van der Waals surface area contributed by atoms with Crippen LogP contribution in [0.4, 0.5) is 13.9 Å². The summed E-state index contributed by atoms with van der Waals surface area (Å²) >= 11 is 2.14. The van der Waals surface area contributed by atoms with Gasteiger partial charge in [-0.25, -0.2) is 13.8 Å². The fourth-order valence-electron chi connectivity index (χ4n) is 3.93. The Morgan fingerprint density at radius 1 is 1.11 bits per heavy atom. The highest BCUT2D eigenvalue weighted by atomic mass is 32.1. The Labute approximate surface area is 205 Å². The van der Waals surface area contributed by atoms with E-state index in [4.69, 9.17) is 9.47 Å². The van der Waals surface area contributed by atoms with E-state index in [1.54, 1.807) is 23.6 Å². The van der Waals surface area contributed by atoms with Gasteiger partial charge in [0.1, 0.15) is 34.6 Å². The summed E-state index contributed by atoms with van der Waals surface area (Å²) in [6.45, 7) is 0. The molecule has 1 amide bonds. The van der Waals surface area contributed by atoms with E-state index in [1.807, 2.05) is 0 Å². The first-order valence-electron chi connectivity index (χ1n) is 10.2. The van der Waals surface area contributed by atoms with Crippen LogP contribution in [0.2, 0.25) is 0 Å². The highest BCUT2D eigenvalue weighted by molar-refractivity contribution is 7.22. The molecule has 11 heteroatoms. The number of ether oxygens (including phenoxy) is 2. The first kappa shape index (κ1) is 22.9. The van der Waals surface area contributed by atoms with Gasteiger partial charge in [-0.3, -0.25) is 14.5 Å². The van der Waals surface area contributed by atoms with Crippen LogP contribution in [-0.4, -0.2) is 36.0 Å². The quantitative estimate of drug-likeness (QED) is 0.222. The lowest BCUT2D eigenvalue weighted by Gasteiger charge is -2.21. The number of hydrogen-bond acceptors (Lipinski definition) is 8. The van der Waals surface area contributed by atoms with Crippen LogP contribution in [0.5, 0.6) is 11.5 Å². The number of carbonyl (C=O) groups excluding carboxylic acids is 2. The summed E-state index contributed by atoms with van der Waals surface area (Å²) in [4.78, 5) is 32.3. The number of fused-ring (bicyclic) bond motifs is 1. The number of aliphatic hydroxyl groups is 1. The molecule has 178 valence electrons. The Morgan fingerprint density at radius 2 is 1.91 bits per heavy atom. The maximum atomic E-state index is 14.3. The van der Waals surface area contributed by atoms with E-state index in [9.17, 15) is 23.5 Å². The lowest BCUT2D eigenvalue weighted by atomic mass is 9.99. The fraction of sp³-hybridized carbons (Fsp3) is 0.125. The minimum atomic E-state index is -1.03.